The molecule has 0 aliphatic carbocycles. The van der Waals surface area contributed by atoms with Gasteiger partial charge < -0.3 is 5.73 Å². The van der Waals surface area contributed by atoms with Crippen molar-refractivity contribution in [2.45, 2.75) is 4.90 Å². The summed E-state index contributed by atoms with van der Waals surface area (Å²) in [6.07, 6.45) is 0. The molecule has 0 saturated carbocycles. The lowest BCUT2D eigenvalue weighted by Crippen LogP contribution is -2.15. The van der Waals surface area contributed by atoms with Crippen LogP contribution in [0.5, 0.6) is 0 Å². The van der Waals surface area contributed by atoms with Crippen LogP contribution < -0.4 is 10.5 Å². The van der Waals surface area contributed by atoms with Gasteiger partial charge in [0.05, 0.1) is 16.4 Å². The zero-order chi connectivity index (χ0) is 14.9. The maximum Gasteiger partial charge on any atom is 0.263 e. The summed E-state index contributed by atoms with van der Waals surface area (Å²) in [5.41, 5.74) is 6.01. The lowest BCUT2D eigenvalue weighted by Gasteiger charge is -2.11. The fourth-order valence-electron chi connectivity index (χ4n) is 1.54. The van der Waals surface area contributed by atoms with Gasteiger partial charge in [0.1, 0.15) is 4.90 Å². The Labute approximate surface area is 135 Å². The summed E-state index contributed by atoms with van der Waals surface area (Å²) in [5, 5.41) is 0.645. The molecule has 0 aliphatic rings. The highest BCUT2D eigenvalue weighted by Gasteiger charge is 2.19. The Kier molecular flexibility index (Phi) is 4.49. The largest absolute Gasteiger partial charge is 0.398 e. The molecule has 2 aromatic rings. The number of rotatable bonds is 3. The Morgan fingerprint density at radius 3 is 2.45 bits per heavy atom. The summed E-state index contributed by atoms with van der Waals surface area (Å²) < 4.78 is 27.7. The van der Waals surface area contributed by atoms with Gasteiger partial charge in [0.25, 0.3) is 10.0 Å². The number of sulfonamides is 1. The molecule has 0 aromatic heterocycles. The second kappa shape index (κ2) is 5.81. The molecule has 0 aliphatic heterocycles. The Hall–Kier alpha value is -0.950. The van der Waals surface area contributed by atoms with Gasteiger partial charge >= 0.3 is 0 Å². The maximum absolute atomic E-state index is 12.3. The predicted molar refractivity (Wildman–Crippen MR) is 85.8 cm³/mol. The minimum absolute atomic E-state index is 0.0575. The van der Waals surface area contributed by atoms with Crippen molar-refractivity contribution >= 4 is 60.5 Å². The Bertz CT molecular complexity index is 766. The molecule has 3 N–H and O–H groups in total. The third-order valence-corrected chi connectivity index (χ3v) is 4.93. The van der Waals surface area contributed by atoms with E-state index in [1.54, 1.807) is 18.2 Å². The van der Waals surface area contributed by atoms with Gasteiger partial charge in [-0.3, -0.25) is 4.72 Å². The number of nitrogens with two attached hydrogens (primary N) is 1. The molecule has 20 heavy (non-hydrogen) atoms. The lowest BCUT2D eigenvalue weighted by atomic mass is 10.3. The predicted octanol–water partition coefficient (Wildman–Crippen LogP) is 4.14. The van der Waals surface area contributed by atoms with Gasteiger partial charge in [-0.2, -0.15) is 0 Å². The van der Waals surface area contributed by atoms with Crippen LogP contribution in [-0.2, 0) is 10.0 Å². The number of hydrogen-bond donors (Lipinski definition) is 2. The van der Waals surface area contributed by atoms with E-state index in [2.05, 4.69) is 20.7 Å². The van der Waals surface area contributed by atoms with Crippen molar-refractivity contribution in [1.29, 1.82) is 0 Å². The van der Waals surface area contributed by atoms with Crippen molar-refractivity contribution < 1.29 is 8.42 Å². The molecule has 0 saturated heterocycles. The van der Waals surface area contributed by atoms with Gasteiger partial charge in [0, 0.05) is 9.50 Å². The topological polar surface area (TPSA) is 72.2 Å². The van der Waals surface area contributed by atoms with E-state index in [4.69, 9.17) is 28.9 Å². The normalized spacial score (nSPS) is 11.3. The van der Waals surface area contributed by atoms with Crippen molar-refractivity contribution in [2.75, 3.05) is 10.5 Å². The van der Waals surface area contributed by atoms with E-state index < -0.39 is 10.0 Å². The summed E-state index contributed by atoms with van der Waals surface area (Å²) in [6, 6.07) is 9.01. The van der Waals surface area contributed by atoms with E-state index in [1.165, 1.54) is 18.2 Å². The zero-order valence-electron chi connectivity index (χ0n) is 9.90. The van der Waals surface area contributed by atoms with E-state index in [0.29, 0.717) is 9.50 Å². The van der Waals surface area contributed by atoms with Crippen LogP contribution in [0.3, 0.4) is 0 Å². The van der Waals surface area contributed by atoms with Crippen LogP contribution in [-0.4, -0.2) is 8.42 Å². The molecule has 0 bridgehead atoms. The summed E-state index contributed by atoms with van der Waals surface area (Å²) in [5.74, 6) is 0. The second-order valence-corrected chi connectivity index (χ2v) is 7.32. The molecule has 0 spiro atoms. The van der Waals surface area contributed by atoms with Crippen LogP contribution >= 0.6 is 39.1 Å². The number of benzene rings is 2. The molecule has 0 radical (unpaired) electrons. The maximum atomic E-state index is 12.3. The van der Waals surface area contributed by atoms with E-state index in [1.807, 2.05) is 0 Å². The van der Waals surface area contributed by atoms with Crippen LogP contribution in [0.15, 0.2) is 45.8 Å². The first-order valence-electron chi connectivity index (χ1n) is 5.32. The SMILES string of the molecule is Nc1cc(Cl)ccc1S(=O)(=O)Nc1cc(Br)ccc1Cl. The van der Waals surface area contributed by atoms with Gasteiger partial charge in [-0.05, 0) is 36.4 Å². The Morgan fingerprint density at radius 2 is 1.80 bits per heavy atom. The van der Waals surface area contributed by atoms with Gasteiger partial charge in [-0.25, -0.2) is 8.42 Å². The molecule has 2 aromatic carbocycles. The van der Waals surface area contributed by atoms with Crippen LogP contribution in [0.25, 0.3) is 0 Å². The summed E-state index contributed by atoms with van der Waals surface area (Å²) in [6.45, 7) is 0. The third-order valence-electron chi connectivity index (χ3n) is 2.43. The second-order valence-electron chi connectivity index (χ2n) is 3.91. The molecule has 4 nitrogen and oxygen atoms in total. The molecular formula is C12H9BrCl2N2O2S. The highest BCUT2D eigenvalue weighted by atomic mass is 79.9. The minimum Gasteiger partial charge on any atom is -0.398 e. The first-order valence-corrected chi connectivity index (χ1v) is 8.36. The van der Waals surface area contributed by atoms with E-state index in [-0.39, 0.29) is 21.3 Å². The lowest BCUT2D eigenvalue weighted by molar-refractivity contribution is 0.601. The number of nitrogens with one attached hydrogen (secondary N) is 1. The molecule has 0 unspecified atom stereocenters. The van der Waals surface area contributed by atoms with Crippen LogP contribution in [0.2, 0.25) is 10.0 Å². The minimum atomic E-state index is -3.84. The molecule has 0 atom stereocenters. The van der Waals surface area contributed by atoms with Crippen LogP contribution in [0.4, 0.5) is 11.4 Å². The standard InChI is InChI=1S/C12H9BrCl2N2O2S/c13-7-1-3-9(15)11(5-7)17-20(18,19)12-4-2-8(14)6-10(12)16/h1-6,17H,16H2. The van der Waals surface area contributed by atoms with Crippen molar-refractivity contribution in [3.05, 3.63) is 50.9 Å². The van der Waals surface area contributed by atoms with Gasteiger partial charge in [-0.1, -0.05) is 39.1 Å². The Morgan fingerprint density at radius 1 is 1.10 bits per heavy atom. The fraction of sp³-hybridized carbons (Fsp3) is 0. The van der Waals surface area contributed by atoms with Crippen LogP contribution in [0.1, 0.15) is 0 Å². The van der Waals surface area contributed by atoms with E-state index >= 15 is 0 Å². The first kappa shape index (κ1) is 15.4. The van der Waals surface area contributed by atoms with E-state index in [0.717, 1.165) is 0 Å². The van der Waals surface area contributed by atoms with Gasteiger partial charge in [-0.15, -0.1) is 0 Å². The highest BCUT2D eigenvalue weighted by Crippen LogP contribution is 2.30. The average molecular weight is 396 g/mol. The van der Waals surface area contributed by atoms with Crippen molar-refractivity contribution in [3.8, 4) is 0 Å². The van der Waals surface area contributed by atoms with Crippen molar-refractivity contribution in [2.24, 2.45) is 0 Å². The van der Waals surface area contributed by atoms with Crippen LogP contribution in [0, 0.1) is 0 Å². The Balaban J connectivity index is 2.43. The van der Waals surface area contributed by atoms with Gasteiger partial charge in [0.2, 0.25) is 0 Å². The number of hydrogen-bond acceptors (Lipinski definition) is 3. The molecular weight excluding hydrogens is 387 g/mol. The molecule has 0 fully saturated rings. The first-order chi connectivity index (χ1) is 9.29. The highest BCUT2D eigenvalue weighted by molar-refractivity contribution is 9.10. The third kappa shape index (κ3) is 3.38. The van der Waals surface area contributed by atoms with E-state index in [9.17, 15) is 8.42 Å². The molecule has 2 rings (SSSR count). The smallest absolute Gasteiger partial charge is 0.263 e. The summed E-state index contributed by atoms with van der Waals surface area (Å²) in [7, 11) is -3.84. The summed E-state index contributed by atoms with van der Waals surface area (Å²) in [4.78, 5) is -0.0575. The fourth-order valence-corrected chi connectivity index (χ4v) is 3.49. The quantitative estimate of drug-likeness (QED) is 0.767. The summed E-state index contributed by atoms with van der Waals surface area (Å²) >= 11 is 15.0. The zero-order valence-corrected chi connectivity index (χ0v) is 13.8. The molecule has 8 heteroatoms. The average Bonchev–Trinajstić information content (AvgIpc) is 2.33. The molecule has 106 valence electrons. The number of anilines is 2. The number of halogens is 3. The number of nitrogen functional groups attached to an aromatic ring is 1. The molecule has 0 heterocycles. The molecule has 0 amide bonds. The van der Waals surface area contributed by atoms with Crippen molar-refractivity contribution in [1.82, 2.24) is 0 Å². The van der Waals surface area contributed by atoms with Gasteiger partial charge in [0.15, 0.2) is 0 Å². The monoisotopic (exact) mass is 394 g/mol. The van der Waals surface area contributed by atoms with Crippen molar-refractivity contribution in [3.63, 3.8) is 0 Å².